The number of hydrogen-bond donors (Lipinski definition) is 1. The van der Waals surface area contributed by atoms with Crippen LogP contribution in [0.1, 0.15) is 23.2 Å². The first-order valence-electron chi connectivity index (χ1n) is 8.82. The van der Waals surface area contributed by atoms with E-state index in [9.17, 15) is 4.79 Å². The molecule has 2 saturated heterocycles. The first kappa shape index (κ1) is 15.6. The number of aromatic amines is 1. The van der Waals surface area contributed by atoms with E-state index in [1.807, 2.05) is 23.1 Å². The van der Waals surface area contributed by atoms with E-state index in [1.165, 1.54) is 6.42 Å². The van der Waals surface area contributed by atoms with Crippen molar-refractivity contribution in [3.63, 3.8) is 0 Å². The van der Waals surface area contributed by atoms with Gasteiger partial charge in [-0.3, -0.25) is 14.8 Å². The molecule has 2 aliphatic rings. The van der Waals surface area contributed by atoms with Crippen molar-refractivity contribution in [1.29, 1.82) is 0 Å². The van der Waals surface area contributed by atoms with Crippen LogP contribution in [-0.2, 0) is 4.74 Å². The van der Waals surface area contributed by atoms with E-state index in [2.05, 4.69) is 15.1 Å². The Labute approximate surface area is 141 Å². The van der Waals surface area contributed by atoms with E-state index >= 15 is 0 Å². The highest BCUT2D eigenvalue weighted by molar-refractivity contribution is 5.97. The van der Waals surface area contributed by atoms with E-state index < -0.39 is 0 Å². The SMILES string of the molecule is O=C(c1ccc2[nH]ncc2c1)N1CCC[C@H](CN2CCOCC2)C1. The number of rotatable bonds is 3. The predicted molar refractivity (Wildman–Crippen MR) is 92.0 cm³/mol. The summed E-state index contributed by atoms with van der Waals surface area (Å²) < 4.78 is 5.42. The van der Waals surface area contributed by atoms with Gasteiger partial charge in [-0.25, -0.2) is 0 Å². The number of morpholine rings is 1. The Morgan fingerprint density at radius 2 is 2.17 bits per heavy atom. The molecule has 128 valence electrons. The molecule has 24 heavy (non-hydrogen) atoms. The average molecular weight is 328 g/mol. The molecule has 0 radical (unpaired) electrons. The Balaban J connectivity index is 1.41. The number of fused-ring (bicyclic) bond motifs is 1. The van der Waals surface area contributed by atoms with Gasteiger partial charge < -0.3 is 9.64 Å². The number of amides is 1. The highest BCUT2D eigenvalue weighted by Gasteiger charge is 2.26. The number of carbonyl (C=O) groups excluding carboxylic acids is 1. The van der Waals surface area contributed by atoms with Crippen molar-refractivity contribution in [1.82, 2.24) is 20.0 Å². The van der Waals surface area contributed by atoms with E-state index in [0.29, 0.717) is 5.92 Å². The molecule has 2 fully saturated rings. The second-order valence-electron chi connectivity index (χ2n) is 6.84. The first-order chi connectivity index (χ1) is 11.8. The summed E-state index contributed by atoms with van der Waals surface area (Å²) in [7, 11) is 0. The zero-order valence-electron chi connectivity index (χ0n) is 13.9. The standard InChI is InChI=1S/C18H24N4O2/c23-18(15-3-4-17-16(10-15)11-19-20-17)22-5-1-2-14(13-22)12-21-6-8-24-9-7-21/h3-4,10-11,14H,1-2,5-9,12-13H2,(H,19,20)/t14-/m1/s1. The lowest BCUT2D eigenvalue weighted by Gasteiger charge is -2.36. The van der Waals surface area contributed by atoms with Crippen molar-refractivity contribution in [2.75, 3.05) is 45.9 Å². The number of aromatic nitrogens is 2. The largest absolute Gasteiger partial charge is 0.379 e. The van der Waals surface area contributed by atoms with Gasteiger partial charge in [0.1, 0.15) is 0 Å². The summed E-state index contributed by atoms with van der Waals surface area (Å²) in [6.45, 7) is 6.50. The van der Waals surface area contributed by atoms with Crippen molar-refractivity contribution in [2.24, 2.45) is 5.92 Å². The van der Waals surface area contributed by atoms with Gasteiger partial charge in [0, 0.05) is 43.7 Å². The third-order valence-corrected chi connectivity index (χ3v) is 5.11. The van der Waals surface area contributed by atoms with Crippen molar-refractivity contribution in [3.05, 3.63) is 30.0 Å². The van der Waals surface area contributed by atoms with Crippen LogP contribution < -0.4 is 0 Å². The van der Waals surface area contributed by atoms with Crippen LogP contribution >= 0.6 is 0 Å². The van der Waals surface area contributed by atoms with Gasteiger partial charge in [-0.1, -0.05) is 0 Å². The number of ether oxygens (including phenoxy) is 1. The fourth-order valence-electron chi connectivity index (χ4n) is 3.81. The Kier molecular flexibility index (Phi) is 4.49. The van der Waals surface area contributed by atoms with Crippen molar-refractivity contribution in [3.8, 4) is 0 Å². The highest BCUT2D eigenvalue weighted by Crippen LogP contribution is 2.21. The molecule has 1 aromatic heterocycles. The Morgan fingerprint density at radius 3 is 3.04 bits per heavy atom. The fraction of sp³-hybridized carbons (Fsp3) is 0.556. The van der Waals surface area contributed by atoms with Gasteiger partial charge >= 0.3 is 0 Å². The predicted octanol–water partition coefficient (Wildman–Crippen LogP) is 1.75. The summed E-state index contributed by atoms with van der Waals surface area (Å²) in [4.78, 5) is 17.4. The zero-order valence-corrected chi connectivity index (χ0v) is 13.9. The first-order valence-corrected chi connectivity index (χ1v) is 8.82. The number of likely N-dealkylation sites (tertiary alicyclic amines) is 1. The van der Waals surface area contributed by atoms with E-state index in [-0.39, 0.29) is 5.91 Å². The number of carbonyl (C=O) groups is 1. The molecule has 0 bridgehead atoms. The Hall–Kier alpha value is -1.92. The average Bonchev–Trinajstić information content (AvgIpc) is 3.10. The quantitative estimate of drug-likeness (QED) is 0.932. The summed E-state index contributed by atoms with van der Waals surface area (Å²) in [5, 5.41) is 7.94. The second-order valence-corrected chi connectivity index (χ2v) is 6.84. The molecular weight excluding hydrogens is 304 g/mol. The molecule has 0 saturated carbocycles. The molecule has 0 aliphatic carbocycles. The summed E-state index contributed by atoms with van der Waals surface area (Å²) >= 11 is 0. The molecule has 1 atom stereocenters. The maximum absolute atomic E-state index is 12.9. The summed E-state index contributed by atoms with van der Waals surface area (Å²) in [5.74, 6) is 0.711. The van der Waals surface area contributed by atoms with Crippen LogP contribution in [0.3, 0.4) is 0 Å². The summed E-state index contributed by atoms with van der Waals surface area (Å²) in [5.41, 5.74) is 1.73. The van der Waals surface area contributed by atoms with E-state index in [0.717, 1.165) is 68.8 Å². The van der Waals surface area contributed by atoms with Crippen molar-refractivity contribution < 1.29 is 9.53 Å². The second kappa shape index (κ2) is 6.91. The molecule has 1 aromatic carbocycles. The minimum absolute atomic E-state index is 0.143. The highest BCUT2D eigenvalue weighted by atomic mass is 16.5. The Bertz CT molecular complexity index is 708. The van der Waals surface area contributed by atoms with Crippen LogP contribution in [0, 0.1) is 5.92 Å². The monoisotopic (exact) mass is 328 g/mol. The minimum atomic E-state index is 0.143. The third kappa shape index (κ3) is 3.30. The summed E-state index contributed by atoms with van der Waals surface area (Å²) in [6.07, 6.45) is 4.07. The van der Waals surface area contributed by atoms with Crippen LogP contribution in [0.4, 0.5) is 0 Å². The molecule has 6 nitrogen and oxygen atoms in total. The topological polar surface area (TPSA) is 61.5 Å². The third-order valence-electron chi connectivity index (χ3n) is 5.11. The maximum Gasteiger partial charge on any atom is 0.253 e. The van der Waals surface area contributed by atoms with Gasteiger partial charge in [0.05, 0.1) is 24.9 Å². The zero-order chi connectivity index (χ0) is 16.4. The minimum Gasteiger partial charge on any atom is -0.379 e. The molecule has 3 heterocycles. The molecule has 0 spiro atoms. The van der Waals surface area contributed by atoms with Gasteiger partial charge in [-0.05, 0) is 37.0 Å². The number of benzene rings is 1. The smallest absolute Gasteiger partial charge is 0.253 e. The molecule has 2 aromatic rings. The molecule has 2 aliphatic heterocycles. The molecule has 6 heteroatoms. The van der Waals surface area contributed by atoms with E-state index in [1.54, 1.807) is 6.20 Å². The number of nitrogens with one attached hydrogen (secondary N) is 1. The molecule has 0 unspecified atom stereocenters. The van der Waals surface area contributed by atoms with Crippen LogP contribution in [-0.4, -0.2) is 71.8 Å². The van der Waals surface area contributed by atoms with Gasteiger partial charge in [0.25, 0.3) is 5.91 Å². The van der Waals surface area contributed by atoms with E-state index in [4.69, 9.17) is 4.74 Å². The number of H-pyrrole nitrogens is 1. The van der Waals surface area contributed by atoms with Crippen LogP contribution in [0.25, 0.3) is 10.9 Å². The molecule has 1 N–H and O–H groups in total. The normalized spacial score (nSPS) is 22.8. The molecule has 1 amide bonds. The lowest BCUT2D eigenvalue weighted by Crippen LogP contribution is -2.46. The fourth-order valence-corrected chi connectivity index (χ4v) is 3.81. The van der Waals surface area contributed by atoms with Gasteiger partial charge in [-0.2, -0.15) is 5.10 Å². The van der Waals surface area contributed by atoms with Crippen LogP contribution in [0.5, 0.6) is 0 Å². The lowest BCUT2D eigenvalue weighted by atomic mass is 9.96. The van der Waals surface area contributed by atoms with Crippen LogP contribution in [0.15, 0.2) is 24.4 Å². The van der Waals surface area contributed by atoms with Gasteiger partial charge in [-0.15, -0.1) is 0 Å². The van der Waals surface area contributed by atoms with Gasteiger partial charge in [0.2, 0.25) is 0 Å². The van der Waals surface area contributed by atoms with Crippen LogP contribution in [0.2, 0.25) is 0 Å². The number of piperidine rings is 1. The molecule has 4 rings (SSSR count). The van der Waals surface area contributed by atoms with Crippen molar-refractivity contribution >= 4 is 16.8 Å². The number of nitrogens with zero attached hydrogens (tertiary/aromatic N) is 3. The number of hydrogen-bond acceptors (Lipinski definition) is 4. The van der Waals surface area contributed by atoms with Gasteiger partial charge in [0.15, 0.2) is 0 Å². The summed E-state index contributed by atoms with van der Waals surface area (Å²) in [6, 6.07) is 5.77. The lowest BCUT2D eigenvalue weighted by molar-refractivity contribution is 0.0224. The molecular formula is C18H24N4O2. The Morgan fingerprint density at radius 1 is 1.29 bits per heavy atom. The van der Waals surface area contributed by atoms with Crippen molar-refractivity contribution in [2.45, 2.75) is 12.8 Å². The maximum atomic E-state index is 12.9.